The summed E-state index contributed by atoms with van der Waals surface area (Å²) < 4.78 is 58.2. The van der Waals surface area contributed by atoms with Gasteiger partial charge >= 0.3 is 0 Å². The highest BCUT2D eigenvalue weighted by atomic mass is 35.5. The first-order chi connectivity index (χ1) is 13.0. The third kappa shape index (κ3) is 3.94. The standard InChI is InChI=1S/C17H17ClN2O6S2/c1-3-27(22,23)12-7-14-17(26-9-16(21)19-14)15(8-12)28(24,25)20-11-5-4-10(2)13(18)6-11/h4-8,20H,3,9H2,1-2H3,(H,19,21). The molecule has 1 aliphatic heterocycles. The van der Waals surface area contributed by atoms with E-state index in [1.807, 2.05) is 0 Å². The zero-order valence-electron chi connectivity index (χ0n) is 14.9. The molecule has 0 bridgehead atoms. The Morgan fingerprint density at radius 2 is 1.89 bits per heavy atom. The largest absolute Gasteiger partial charge is 0.480 e. The van der Waals surface area contributed by atoms with Gasteiger partial charge in [-0.05, 0) is 36.8 Å². The topological polar surface area (TPSA) is 119 Å². The summed E-state index contributed by atoms with van der Waals surface area (Å²) in [7, 11) is -7.98. The SMILES string of the molecule is CCS(=O)(=O)c1cc2c(c(S(=O)(=O)Nc3ccc(C)c(Cl)c3)c1)OCC(=O)N2. The quantitative estimate of drug-likeness (QED) is 0.731. The van der Waals surface area contributed by atoms with Crippen LogP contribution in [0.4, 0.5) is 11.4 Å². The van der Waals surface area contributed by atoms with E-state index in [0.717, 1.165) is 11.6 Å². The van der Waals surface area contributed by atoms with Crippen LogP contribution in [0.1, 0.15) is 12.5 Å². The number of ether oxygens (including phenoxy) is 1. The summed E-state index contributed by atoms with van der Waals surface area (Å²) in [5.74, 6) is -0.873. The van der Waals surface area contributed by atoms with E-state index >= 15 is 0 Å². The van der Waals surface area contributed by atoms with Crippen molar-refractivity contribution < 1.29 is 26.4 Å². The fourth-order valence-corrected chi connectivity index (χ4v) is 4.98. The van der Waals surface area contributed by atoms with Gasteiger partial charge in [-0.15, -0.1) is 0 Å². The van der Waals surface area contributed by atoms with Gasteiger partial charge in [0.25, 0.3) is 15.9 Å². The van der Waals surface area contributed by atoms with E-state index in [9.17, 15) is 21.6 Å². The molecule has 1 amide bonds. The number of sulfonamides is 1. The molecule has 2 aromatic rings. The average Bonchev–Trinajstić information content (AvgIpc) is 2.63. The summed E-state index contributed by atoms with van der Waals surface area (Å²) >= 11 is 6.04. The van der Waals surface area contributed by atoms with Crippen LogP contribution in [0.2, 0.25) is 5.02 Å². The van der Waals surface area contributed by atoms with Crippen LogP contribution < -0.4 is 14.8 Å². The second kappa shape index (κ2) is 7.26. The minimum atomic E-state index is -4.24. The van der Waals surface area contributed by atoms with Crippen molar-refractivity contribution in [2.24, 2.45) is 0 Å². The molecule has 150 valence electrons. The number of carbonyl (C=O) groups is 1. The number of anilines is 2. The molecule has 0 fully saturated rings. The number of hydrogen-bond donors (Lipinski definition) is 2. The van der Waals surface area contributed by atoms with E-state index in [4.69, 9.17) is 16.3 Å². The Morgan fingerprint density at radius 3 is 2.54 bits per heavy atom. The maximum Gasteiger partial charge on any atom is 0.265 e. The predicted molar refractivity (Wildman–Crippen MR) is 105 cm³/mol. The zero-order chi connectivity index (χ0) is 20.7. The summed E-state index contributed by atoms with van der Waals surface area (Å²) in [6, 6.07) is 6.82. The first-order valence-corrected chi connectivity index (χ1v) is 11.7. The highest BCUT2D eigenvalue weighted by Crippen LogP contribution is 2.38. The number of amides is 1. The lowest BCUT2D eigenvalue weighted by molar-refractivity contribution is -0.118. The van der Waals surface area contributed by atoms with E-state index in [0.29, 0.717) is 5.02 Å². The van der Waals surface area contributed by atoms with Crippen molar-refractivity contribution in [3.05, 3.63) is 40.9 Å². The molecule has 2 N–H and O–H groups in total. The number of sulfone groups is 1. The number of nitrogens with one attached hydrogen (secondary N) is 2. The number of hydrogen-bond acceptors (Lipinski definition) is 6. The van der Waals surface area contributed by atoms with E-state index in [2.05, 4.69) is 10.0 Å². The third-order valence-corrected chi connectivity index (χ3v) is 7.61. The van der Waals surface area contributed by atoms with Crippen molar-refractivity contribution in [1.29, 1.82) is 0 Å². The summed E-state index contributed by atoms with van der Waals surface area (Å²) in [6.07, 6.45) is 0. The number of carbonyl (C=O) groups excluding carboxylic acids is 1. The highest BCUT2D eigenvalue weighted by molar-refractivity contribution is 7.93. The van der Waals surface area contributed by atoms with Gasteiger partial charge in [0.2, 0.25) is 0 Å². The molecule has 11 heteroatoms. The van der Waals surface area contributed by atoms with Crippen molar-refractivity contribution >= 4 is 48.7 Å². The van der Waals surface area contributed by atoms with Crippen molar-refractivity contribution in [1.82, 2.24) is 0 Å². The summed E-state index contributed by atoms with van der Waals surface area (Å²) in [6.45, 7) is 2.82. The van der Waals surface area contributed by atoms with Crippen LogP contribution >= 0.6 is 11.6 Å². The molecule has 1 heterocycles. The predicted octanol–water partition coefficient (Wildman–Crippen LogP) is 2.57. The van der Waals surface area contributed by atoms with Gasteiger partial charge in [0.05, 0.1) is 22.0 Å². The number of aryl methyl sites for hydroxylation is 1. The molecule has 0 aliphatic carbocycles. The van der Waals surface area contributed by atoms with E-state index in [1.54, 1.807) is 13.0 Å². The molecule has 2 aromatic carbocycles. The number of fused-ring (bicyclic) bond motifs is 1. The zero-order valence-corrected chi connectivity index (χ0v) is 17.3. The fraction of sp³-hybridized carbons (Fsp3) is 0.235. The summed E-state index contributed by atoms with van der Waals surface area (Å²) in [5, 5.41) is 2.82. The molecule has 3 rings (SSSR count). The van der Waals surface area contributed by atoms with Crippen LogP contribution in [0.15, 0.2) is 40.1 Å². The molecule has 0 aromatic heterocycles. The summed E-state index contributed by atoms with van der Waals surface area (Å²) in [4.78, 5) is 11.0. The molecule has 8 nitrogen and oxygen atoms in total. The Morgan fingerprint density at radius 1 is 1.18 bits per heavy atom. The van der Waals surface area contributed by atoms with Gasteiger partial charge in [-0.3, -0.25) is 9.52 Å². The second-order valence-corrected chi connectivity index (χ2v) is 10.4. The molecule has 1 aliphatic rings. The van der Waals surface area contributed by atoms with Gasteiger partial charge in [-0.2, -0.15) is 0 Å². The Labute approximate surface area is 167 Å². The molecule has 0 spiro atoms. The van der Waals surface area contributed by atoms with Gasteiger partial charge in [0.15, 0.2) is 22.2 Å². The monoisotopic (exact) mass is 444 g/mol. The molecule has 0 atom stereocenters. The molecular formula is C17H17ClN2O6S2. The molecule has 0 unspecified atom stereocenters. The number of rotatable bonds is 5. The van der Waals surface area contributed by atoms with E-state index in [1.165, 1.54) is 25.1 Å². The van der Waals surface area contributed by atoms with Crippen molar-refractivity contribution in [2.45, 2.75) is 23.6 Å². The highest BCUT2D eigenvalue weighted by Gasteiger charge is 2.30. The molecule has 0 saturated heterocycles. The Hall–Kier alpha value is -2.30. The maximum atomic E-state index is 13.0. The summed E-state index contributed by atoms with van der Waals surface area (Å²) in [5.41, 5.74) is 0.949. The molecule has 0 radical (unpaired) electrons. The van der Waals surface area contributed by atoms with Crippen molar-refractivity contribution in [2.75, 3.05) is 22.4 Å². The average molecular weight is 445 g/mol. The Balaban J connectivity index is 2.15. The lowest BCUT2D eigenvalue weighted by Gasteiger charge is -2.22. The van der Waals surface area contributed by atoms with Gasteiger partial charge in [-0.1, -0.05) is 24.6 Å². The minimum absolute atomic E-state index is 0.0203. The third-order valence-electron chi connectivity index (χ3n) is 4.10. The molecule has 0 saturated carbocycles. The van der Waals surface area contributed by atoms with Crippen LogP contribution in [0.3, 0.4) is 0 Å². The van der Waals surface area contributed by atoms with Crippen LogP contribution in [0.25, 0.3) is 0 Å². The molecule has 28 heavy (non-hydrogen) atoms. The van der Waals surface area contributed by atoms with Crippen LogP contribution in [0, 0.1) is 6.92 Å². The van der Waals surface area contributed by atoms with Crippen LogP contribution in [-0.4, -0.2) is 35.1 Å². The molecular weight excluding hydrogens is 428 g/mol. The number of benzene rings is 2. The van der Waals surface area contributed by atoms with Crippen molar-refractivity contribution in [3.63, 3.8) is 0 Å². The van der Waals surface area contributed by atoms with Gasteiger partial charge in [0.1, 0.15) is 4.90 Å². The first kappa shape index (κ1) is 20.4. The van der Waals surface area contributed by atoms with Crippen LogP contribution in [-0.2, 0) is 24.7 Å². The smallest absolute Gasteiger partial charge is 0.265 e. The van der Waals surface area contributed by atoms with E-state index in [-0.39, 0.29) is 34.4 Å². The lowest BCUT2D eigenvalue weighted by Crippen LogP contribution is -2.27. The second-order valence-electron chi connectivity index (χ2n) is 6.11. The fourth-order valence-electron chi connectivity index (χ4n) is 2.56. The van der Waals surface area contributed by atoms with E-state index < -0.39 is 30.7 Å². The van der Waals surface area contributed by atoms with Crippen molar-refractivity contribution in [3.8, 4) is 5.75 Å². The number of halogens is 1. The Bertz CT molecular complexity index is 1180. The lowest BCUT2D eigenvalue weighted by atomic mass is 10.2. The van der Waals surface area contributed by atoms with Gasteiger partial charge in [-0.25, -0.2) is 16.8 Å². The normalized spacial score (nSPS) is 14.0. The first-order valence-electron chi connectivity index (χ1n) is 8.16. The minimum Gasteiger partial charge on any atom is -0.480 e. The van der Waals surface area contributed by atoms with Crippen LogP contribution in [0.5, 0.6) is 5.75 Å². The maximum absolute atomic E-state index is 13.0. The Kier molecular flexibility index (Phi) is 5.30. The van der Waals surface area contributed by atoms with Gasteiger partial charge < -0.3 is 10.1 Å². The van der Waals surface area contributed by atoms with Gasteiger partial charge in [0, 0.05) is 5.02 Å².